The Morgan fingerprint density at radius 1 is 1.18 bits per heavy atom. The second-order valence-corrected chi connectivity index (χ2v) is 4.57. The van der Waals surface area contributed by atoms with Crippen LogP contribution in [-0.2, 0) is 4.87 Å². The lowest BCUT2D eigenvalue weighted by Gasteiger charge is -2.27. The molecule has 0 spiro atoms. The number of hydrogen-bond donors (Lipinski definition) is 0. The quantitative estimate of drug-likeness (QED) is 0.763. The maximum Gasteiger partial charge on any atom is 0.166 e. The van der Waals surface area contributed by atoms with Crippen LogP contribution in [0.1, 0.15) is 12.0 Å². The number of halogens is 1. The standard InChI is InChI=1S/C14H15ClO2/c1-16-12-8-6-7-11(13(12)17-2)14(15)9-4-3-5-10-14/h3-9H,10H2,1-2H3. The van der Waals surface area contributed by atoms with Gasteiger partial charge in [-0.05, 0) is 12.5 Å². The van der Waals surface area contributed by atoms with Gasteiger partial charge in [0.2, 0.25) is 0 Å². The topological polar surface area (TPSA) is 18.5 Å². The monoisotopic (exact) mass is 250 g/mol. The first kappa shape index (κ1) is 12.1. The summed E-state index contributed by atoms with van der Waals surface area (Å²) in [5, 5.41) is 0. The minimum atomic E-state index is -0.547. The van der Waals surface area contributed by atoms with E-state index in [9.17, 15) is 0 Å². The summed E-state index contributed by atoms with van der Waals surface area (Å²) in [6.45, 7) is 0. The highest BCUT2D eigenvalue weighted by Gasteiger charge is 2.31. The van der Waals surface area contributed by atoms with Crippen LogP contribution in [0.2, 0.25) is 0 Å². The van der Waals surface area contributed by atoms with E-state index in [1.165, 1.54) is 0 Å². The zero-order valence-corrected chi connectivity index (χ0v) is 10.7. The van der Waals surface area contributed by atoms with Gasteiger partial charge in [0.1, 0.15) is 0 Å². The van der Waals surface area contributed by atoms with Crippen molar-refractivity contribution >= 4 is 11.6 Å². The van der Waals surface area contributed by atoms with E-state index in [4.69, 9.17) is 21.1 Å². The van der Waals surface area contributed by atoms with Crippen LogP contribution in [0, 0.1) is 0 Å². The molecule has 0 saturated carbocycles. The first-order valence-electron chi connectivity index (χ1n) is 5.46. The molecule has 0 aromatic heterocycles. The number of hydrogen-bond acceptors (Lipinski definition) is 2. The molecule has 2 rings (SSSR count). The maximum atomic E-state index is 6.64. The summed E-state index contributed by atoms with van der Waals surface area (Å²) >= 11 is 6.64. The number of allylic oxidation sites excluding steroid dienone is 4. The third-order valence-electron chi connectivity index (χ3n) is 2.87. The Hall–Kier alpha value is -1.41. The van der Waals surface area contributed by atoms with Crippen molar-refractivity contribution < 1.29 is 9.47 Å². The average Bonchev–Trinajstić information content (AvgIpc) is 2.38. The maximum absolute atomic E-state index is 6.64. The van der Waals surface area contributed by atoms with E-state index < -0.39 is 4.87 Å². The van der Waals surface area contributed by atoms with Gasteiger partial charge in [0.25, 0.3) is 0 Å². The van der Waals surface area contributed by atoms with E-state index in [0.717, 1.165) is 12.0 Å². The largest absolute Gasteiger partial charge is 0.493 e. The van der Waals surface area contributed by atoms with E-state index in [2.05, 4.69) is 0 Å². The molecule has 0 saturated heterocycles. The van der Waals surface area contributed by atoms with Crippen LogP contribution in [-0.4, -0.2) is 14.2 Å². The average molecular weight is 251 g/mol. The van der Waals surface area contributed by atoms with Crippen molar-refractivity contribution in [1.82, 2.24) is 0 Å². The van der Waals surface area contributed by atoms with Crippen molar-refractivity contribution in [2.45, 2.75) is 11.3 Å². The summed E-state index contributed by atoms with van der Waals surface area (Å²) < 4.78 is 10.7. The Labute approximate surface area is 106 Å². The number of para-hydroxylation sites is 1. The molecule has 0 radical (unpaired) electrons. The molecule has 0 amide bonds. The van der Waals surface area contributed by atoms with Gasteiger partial charge in [0.05, 0.1) is 19.1 Å². The van der Waals surface area contributed by atoms with Gasteiger partial charge < -0.3 is 9.47 Å². The highest BCUT2D eigenvalue weighted by atomic mass is 35.5. The first-order valence-corrected chi connectivity index (χ1v) is 5.84. The van der Waals surface area contributed by atoms with E-state index in [-0.39, 0.29) is 0 Å². The van der Waals surface area contributed by atoms with E-state index in [1.54, 1.807) is 14.2 Å². The summed E-state index contributed by atoms with van der Waals surface area (Å²) in [4.78, 5) is -0.547. The molecule has 1 aromatic rings. The van der Waals surface area contributed by atoms with Crippen molar-refractivity contribution in [2.24, 2.45) is 0 Å². The number of alkyl halides is 1. The van der Waals surface area contributed by atoms with Crippen LogP contribution >= 0.6 is 11.6 Å². The van der Waals surface area contributed by atoms with Crippen molar-refractivity contribution in [2.75, 3.05) is 14.2 Å². The molecule has 1 aromatic carbocycles. The Bertz CT molecular complexity index is 465. The summed E-state index contributed by atoms with van der Waals surface area (Å²) in [7, 11) is 3.25. The van der Waals surface area contributed by atoms with Gasteiger partial charge in [-0.1, -0.05) is 36.4 Å². The van der Waals surface area contributed by atoms with Crippen LogP contribution in [0.3, 0.4) is 0 Å². The van der Waals surface area contributed by atoms with Gasteiger partial charge in [0.15, 0.2) is 11.5 Å². The van der Waals surface area contributed by atoms with E-state index in [0.29, 0.717) is 11.5 Å². The van der Waals surface area contributed by atoms with Crippen molar-refractivity contribution in [3.05, 3.63) is 48.1 Å². The normalized spacial score (nSPS) is 22.5. The van der Waals surface area contributed by atoms with Crippen molar-refractivity contribution in [3.63, 3.8) is 0 Å². The highest BCUT2D eigenvalue weighted by molar-refractivity contribution is 6.25. The van der Waals surface area contributed by atoms with Gasteiger partial charge >= 0.3 is 0 Å². The zero-order valence-electron chi connectivity index (χ0n) is 9.94. The molecule has 1 unspecified atom stereocenters. The molecule has 2 nitrogen and oxygen atoms in total. The number of methoxy groups -OCH3 is 2. The molecule has 0 N–H and O–H groups in total. The molecule has 1 aliphatic carbocycles. The predicted octanol–water partition coefficient (Wildman–Crippen LogP) is 3.65. The minimum Gasteiger partial charge on any atom is -0.493 e. The summed E-state index contributed by atoms with van der Waals surface area (Å²) in [6.07, 6.45) is 8.72. The molecule has 1 aliphatic rings. The Balaban J connectivity index is 2.51. The predicted molar refractivity (Wildman–Crippen MR) is 70.0 cm³/mol. The molecule has 0 fully saturated rings. The third-order valence-corrected chi connectivity index (χ3v) is 3.36. The fraction of sp³-hybridized carbons (Fsp3) is 0.286. The molecule has 0 bridgehead atoms. The molecule has 90 valence electrons. The third kappa shape index (κ3) is 2.18. The lowest BCUT2D eigenvalue weighted by Crippen LogP contribution is -2.17. The molecule has 0 heterocycles. The molecular weight excluding hydrogens is 236 g/mol. The van der Waals surface area contributed by atoms with Crippen LogP contribution < -0.4 is 9.47 Å². The van der Waals surface area contributed by atoms with Gasteiger partial charge in [-0.15, -0.1) is 11.6 Å². The lowest BCUT2D eigenvalue weighted by atomic mass is 9.90. The Kier molecular flexibility index (Phi) is 3.43. The van der Waals surface area contributed by atoms with Crippen LogP contribution in [0.5, 0.6) is 11.5 Å². The molecular formula is C14H15ClO2. The van der Waals surface area contributed by atoms with Gasteiger partial charge in [-0.25, -0.2) is 0 Å². The van der Waals surface area contributed by atoms with Gasteiger partial charge in [-0.2, -0.15) is 0 Å². The molecule has 17 heavy (non-hydrogen) atoms. The van der Waals surface area contributed by atoms with E-state index in [1.807, 2.05) is 42.5 Å². The summed E-state index contributed by atoms with van der Waals surface area (Å²) in [5.41, 5.74) is 0.932. The van der Waals surface area contributed by atoms with Crippen molar-refractivity contribution in [1.29, 1.82) is 0 Å². The van der Waals surface area contributed by atoms with Gasteiger partial charge in [0, 0.05) is 5.56 Å². The fourth-order valence-corrected chi connectivity index (χ4v) is 2.32. The summed E-state index contributed by atoms with van der Waals surface area (Å²) in [5.74, 6) is 1.40. The van der Waals surface area contributed by atoms with Crippen LogP contribution in [0.4, 0.5) is 0 Å². The van der Waals surface area contributed by atoms with Crippen LogP contribution in [0.25, 0.3) is 0 Å². The molecule has 1 atom stereocenters. The van der Waals surface area contributed by atoms with E-state index >= 15 is 0 Å². The minimum absolute atomic E-state index is 0.547. The Morgan fingerprint density at radius 3 is 2.59 bits per heavy atom. The number of rotatable bonds is 3. The number of ether oxygens (including phenoxy) is 2. The smallest absolute Gasteiger partial charge is 0.166 e. The number of benzene rings is 1. The first-order chi connectivity index (χ1) is 8.21. The van der Waals surface area contributed by atoms with Crippen molar-refractivity contribution in [3.8, 4) is 11.5 Å². The molecule has 3 heteroatoms. The second-order valence-electron chi connectivity index (χ2n) is 3.89. The lowest BCUT2D eigenvalue weighted by molar-refractivity contribution is 0.349. The van der Waals surface area contributed by atoms with Gasteiger partial charge in [-0.3, -0.25) is 0 Å². The fourth-order valence-electron chi connectivity index (χ4n) is 2.01. The zero-order chi connectivity index (χ0) is 12.3. The van der Waals surface area contributed by atoms with Crippen LogP contribution in [0.15, 0.2) is 42.5 Å². The highest BCUT2D eigenvalue weighted by Crippen LogP contribution is 2.44. The summed E-state index contributed by atoms with van der Waals surface area (Å²) in [6, 6.07) is 5.76. The molecule has 0 aliphatic heterocycles. The second kappa shape index (κ2) is 4.84. The SMILES string of the molecule is COc1cccc(C2(Cl)C=CC=CC2)c1OC. The Morgan fingerprint density at radius 2 is 2.00 bits per heavy atom.